The van der Waals surface area contributed by atoms with Crippen molar-refractivity contribution in [2.45, 2.75) is 59.4 Å². The lowest BCUT2D eigenvalue weighted by Crippen LogP contribution is -2.37. The van der Waals surface area contributed by atoms with E-state index in [-0.39, 0.29) is 0 Å². The van der Waals surface area contributed by atoms with Crippen LogP contribution in [0, 0.1) is 11.3 Å². The molecule has 0 amide bonds. The Morgan fingerprint density at radius 2 is 1.57 bits per heavy atom. The average molecular weight is 197 g/mol. The second-order valence-electron chi connectivity index (χ2n) is 5.94. The standard InChI is InChI=1S/C13H27N/c1-6-14(5)12-9-7-11(8-10-12)13(2,3)4/h11-12H,6-10H2,1-5H3. The minimum atomic E-state index is 0.524. The van der Waals surface area contributed by atoms with Crippen LogP contribution in [0.1, 0.15) is 53.4 Å². The first-order valence-electron chi connectivity index (χ1n) is 6.15. The predicted molar refractivity (Wildman–Crippen MR) is 63.5 cm³/mol. The number of hydrogen-bond acceptors (Lipinski definition) is 1. The summed E-state index contributed by atoms with van der Waals surface area (Å²) in [6, 6.07) is 0.860. The topological polar surface area (TPSA) is 3.24 Å². The molecular weight excluding hydrogens is 170 g/mol. The van der Waals surface area contributed by atoms with E-state index in [9.17, 15) is 0 Å². The fraction of sp³-hybridized carbons (Fsp3) is 1.00. The fourth-order valence-corrected chi connectivity index (χ4v) is 2.64. The molecule has 0 aliphatic heterocycles. The van der Waals surface area contributed by atoms with E-state index in [1.165, 1.54) is 32.2 Å². The first kappa shape index (κ1) is 12.0. The molecule has 0 saturated heterocycles. The van der Waals surface area contributed by atoms with Crippen molar-refractivity contribution in [1.82, 2.24) is 4.90 Å². The van der Waals surface area contributed by atoms with Crippen molar-refractivity contribution in [1.29, 1.82) is 0 Å². The summed E-state index contributed by atoms with van der Waals surface area (Å²) >= 11 is 0. The van der Waals surface area contributed by atoms with Crippen LogP contribution in [-0.4, -0.2) is 24.5 Å². The molecule has 0 bridgehead atoms. The number of rotatable bonds is 2. The summed E-state index contributed by atoms with van der Waals surface area (Å²) in [5.74, 6) is 0.948. The first-order chi connectivity index (χ1) is 6.45. The molecule has 1 saturated carbocycles. The Balaban J connectivity index is 2.39. The van der Waals surface area contributed by atoms with E-state index in [1.54, 1.807) is 0 Å². The lowest BCUT2D eigenvalue weighted by Gasteiger charge is -2.39. The predicted octanol–water partition coefficient (Wildman–Crippen LogP) is 3.54. The lowest BCUT2D eigenvalue weighted by atomic mass is 9.71. The van der Waals surface area contributed by atoms with Gasteiger partial charge in [-0.15, -0.1) is 0 Å². The molecule has 0 unspecified atom stereocenters. The lowest BCUT2D eigenvalue weighted by molar-refractivity contribution is 0.114. The highest BCUT2D eigenvalue weighted by atomic mass is 15.1. The molecule has 0 atom stereocenters. The molecular formula is C13H27N. The Morgan fingerprint density at radius 1 is 1.07 bits per heavy atom. The summed E-state index contributed by atoms with van der Waals surface area (Å²) in [7, 11) is 2.27. The molecule has 0 spiro atoms. The Morgan fingerprint density at radius 3 is 1.93 bits per heavy atom. The monoisotopic (exact) mass is 197 g/mol. The molecule has 0 aromatic carbocycles. The summed E-state index contributed by atoms with van der Waals surface area (Å²) < 4.78 is 0. The maximum atomic E-state index is 2.51. The smallest absolute Gasteiger partial charge is 0.00923 e. The van der Waals surface area contributed by atoms with Gasteiger partial charge in [0.25, 0.3) is 0 Å². The molecule has 0 N–H and O–H groups in total. The van der Waals surface area contributed by atoms with Gasteiger partial charge in [0, 0.05) is 6.04 Å². The van der Waals surface area contributed by atoms with Gasteiger partial charge in [0.1, 0.15) is 0 Å². The van der Waals surface area contributed by atoms with Crippen LogP contribution in [0.15, 0.2) is 0 Å². The quantitative estimate of drug-likeness (QED) is 0.654. The average Bonchev–Trinajstić information content (AvgIpc) is 2.15. The molecule has 1 nitrogen and oxygen atoms in total. The largest absolute Gasteiger partial charge is 0.304 e. The Bertz CT molecular complexity index is 161. The van der Waals surface area contributed by atoms with Crippen LogP contribution in [0.4, 0.5) is 0 Å². The molecule has 14 heavy (non-hydrogen) atoms. The van der Waals surface area contributed by atoms with E-state index >= 15 is 0 Å². The van der Waals surface area contributed by atoms with Crippen LogP contribution in [0.3, 0.4) is 0 Å². The Kier molecular flexibility index (Phi) is 4.00. The van der Waals surface area contributed by atoms with Gasteiger partial charge in [-0.3, -0.25) is 0 Å². The third-order valence-corrected chi connectivity index (χ3v) is 4.04. The first-order valence-corrected chi connectivity index (χ1v) is 6.15. The van der Waals surface area contributed by atoms with E-state index in [4.69, 9.17) is 0 Å². The summed E-state index contributed by atoms with van der Waals surface area (Å²) in [4.78, 5) is 2.51. The van der Waals surface area contributed by atoms with Crippen LogP contribution in [0.25, 0.3) is 0 Å². The SMILES string of the molecule is CCN(C)C1CCC(C(C)(C)C)CC1. The van der Waals surface area contributed by atoms with Crippen molar-refractivity contribution in [2.24, 2.45) is 11.3 Å². The molecule has 0 heterocycles. The maximum Gasteiger partial charge on any atom is 0.00923 e. The van der Waals surface area contributed by atoms with Crippen LogP contribution in [-0.2, 0) is 0 Å². The highest BCUT2D eigenvalue weighted by molar-refractivity contribution is 4.83. The van der Waals surface area contributed by atoms with Gasteiger partial charge in [-0.2, -0.15) is 0 Å². The van der Waals surface area contributed by atoms with Gasteiger partial charge in [0.2, 0.25) is 0 Å². The Labute approximate surface area is 89.9 Å². The highest BCUT2D eigenvalue weighted by Crippen LogP contribution is 2.38. The summed E-state index contributed by atoms with van der Waals surface area (Å²) in [6.45, 7) is 10.6. The minimum absolute atomic E-state index is 0.524. The van der Waals surface area contributed by atoms with Gasteiger partial charge in [0.05, 0.1) is 0 Å². The highest BCUT2D eigenvalue weighted by Gasteiger charge is 2.30. The van der Waals surface area contributed by atoms with Gasteiger partial charge in [-0.25, -0.2) is 0 Å². The normalized spacial score (nSPS) is 29.6. The van der Waals surface area contributed by atoms with Gasteiger partial charge in [-0.05, 0) is 50.6 Å². The zero-order valence-corrected chi connectivity index (χ0v) is 10.6. The summed E-state index contributed by atoms with van der Waals surface area (Å²) in [5, 5.41) is 0. The second-order valence-corrected chi connectivity index (χ2v) is 5.94. The van der Waals surface area contributed by atoms with E-state index in [1.807, 2.05) is 0 Å². The third kappa shape index (κ3) is 2.98. The fourth-order valence-electron chi connectivity index (χ4n) is 2.64. The molecule has 1 aliphatic rings. The van der Waals surface area contributed by atoms with Crippen molar-refractivity contribution in [3.8, 4) is 0 Å². The van der Waals surface area contributed by atoms with Gasteiger partial charge in [0.15, 0.2) is 0 Å². The van der Waals surface area contributed by atoms with Crippen LogP contribution >= 0.6 is 0 Å². The molecule has 0 radical (unpaired) electrons. The van der Waals surface area contributed by atoms with E-state index in [0.29, 0.717) is 5.41 Å². The zero-order valence-electron chi connectivity index (χ0n) is 10.6. The zero-order chi connectivity index (χ0) is 10.8. The number of hydrogen-bond donors (Lipinski definition) is 0. The molecule has 1 heteroatoms. The molecule has 0 aromatic rings. The van der Waals surface area contributed by atoms with Gasteiger partial charge < -0.3 is 4.90 Å². The minimum Gasteiger partial charge on any atom is -0.304 e. The summed E-state index contributed by atoms with van der Waals surface area (Å²) in [6.07, 6.45) is 5.68. The number of nitrogens with zero attached hydrogens (tertiary/aromatic N) is 1. The van der Waals surface area contributed by atoms with Crippen LogP contribution < -0.4 is 0 Å². The summed E-state index contributed by atoms with van der Waals surface area (Å²) in [5.41, 5.74) is 0.524. The van der Waals surface area contributed by atoms with E-state index < -0.39 is 0 Å². The molecule has 1 rings (SSSR count). The maximum absolute atomic E-state index is 2.51. The van der Waals surface area contributed by atoms with E-state index in [0.717, 1.165) is 12.0 Å². The second kappa shape index (κ2) is 4.65. The van der Waals surface area contributed by atoms with Crippen molar-refractivity contribution >= 4 is 0 Å². The third-order valence-electron chi connectivity index (χ3n) is 4.04. The Hall–Kier alpha value is -0.0400. The van der Waals surface area contributed by atoms with Crippen LogP contribution in [0.5, 0.6) is 0 Å². The van der Waals surface area contributed by atoms with Crippen molar-refractivity contribution in [3.63, 3.8) is 0 Å². The molecule has 1 aliphatic carbocycles. The van der Waals surface area contributed by atoms with Gasteiger partial charge in [-0.1, -0.05) is 27.7 Å². The van der Waals surface area contributed by atoms with E-state index in [2.05, 4.69) is 39.6 Å². The van der Waals surface area contributed by atoms with Crippen molar-refractivity contribution in [3.05, 3.63) is 0 Å². The molecule has 0 aromatic heterocycles. The molecule has 84 valence electrons. The van der Waals surface area contributed by atoms with Crippen LogP contribution in [0.2, 0.25) is 0 Å². The van der Waals surface area contributed by atoms with Gasteiger partial charge >= 0.3 is 0 Å². The van der Waals surface area contributed by atoms with Crippen molar-refractivity contribution < 1.29 is 0 Å². The van der Waals surface area contributed by atoms with Crippen molar-refractivity contribution in [2.75, 3.05) is 13.6 Å². The molecule has 1 fully saturated rings.